The Morgan fingerprint density at radius 2 is 1.69 bits per heavy atom. The number of carbonyl (C=O) groups excluding carboxylic acids is 2. The Bertz CT molecular complexity index is 1380. The summed E-state index contributed by atoms with van der Waals surface area (Å²) in [4.78, 5) is 27.3. The highest BCUT2D eigenvalue weighted by Gasteiger charge is 2.49. The molecule has 5 rings (SSSR count). The van der Waals surface area contributed by atoms with E-state index in [-0.39, 0.29) is 29.4 Å². The Morgan fingerprint density at radius 3 is 2.39 bits per heavy atom. The third-order valence-electron chi connectivity index (χ3n) is 6.66. The van der Waals surface area contributed by atoms with Crippen LogP contribution in [0.15, 0.2) is 84.1 Å². The Labute approximate surface area is 211 Å². The number of nitrogens with one attached hydrogen (secondary N) is 1. The average Bonchev–Trinajstić information content (AvgIpc) is 2.98. The number of alkyl halides is 3. The monoisotopic (exact) mass is 510 g/mol. The lowest BCUT2D eigenvalue weighted by Crippen LogP contribution is -2.45. The van der Waals surface area contributed by atoms with E-state index in [0.717, 1.165) is 11.1 Å². The number of benzene rings is 3. The Hall–Kier alpha value is -3.58. The molecule has 0 unspecified atom stereocenters. The molecule has 0 bridgehead atoms. The molecule has 36 heavy (non-hydrogen) atoms. The Morgan fingerprint density at radius 1 is 0.972 bits per heavy atom. The molecule has 8 heteroatoms. The van der Waals surface area contributed by atoms with E-state index < -0.39 is 18.1 Å². The van der Waals surface area contributed by atoms with Crippen molar-refractivity contribution in [3.8, 4) is 0 Å². The van der Waals surface area contributed by atoms with Gasteiger partial charge in [0.15, 0.2) is 5.78 Å². The maximum Gasteiger partial charge on any atom is 0.471 e. The minimum atomic E-state index is -5.14. The van der Waals surface area contributed by atoms with Crippen LogP contribution in [0.3, 0.4) is 0 Å². The van der Waals surface area contributed by atoms with Gasteiger partial charge in [0, 0.05) is 22.7 Å². The first-order chi connectivity index (χ1) is 17.1. The molecule has 2 aliphatic rings. The second-order valence-corrected chi connectivity index (χ2v) is 9.54. The lowest BCUT2D eigenvalue weighted by Gasteiger charge is -2.35. The molecule has 3 aromatic rings. The normalized spacial score (nSPS) is 19.8. The van der Waals surface area contributed by atoms with Crippen LogP contribution in [0.5, 0.6) is 0 Å². The molecule has 2 atom stereocenters. The van der Waals surface area contributed by atoms with Gasteiger partial charge < -0.3 is 5.32 Å². The van der Waals surface area contributed by atoms with E-state index in [0.29, 0.717) is 33.3 Å². The van der Waals surface area contributed by atoms with Crippen molar-refractivity contribution in [3.05, 3.63) is 106 Å². The summed E-state index contributed by atoms with van der Waals surface area (Å²) in [7, 11) is 0. The highest BCUT2D eigenvalue weighted by atomic mass is 35.5. The average molecular weight is 511 g/mol. The zero-order chi connectivity index (χ0) is 25.6. The third kappa shape index (κ3) is 4.39. The first kappa shape index (κ1) is 24.1. The smallest absolute Gasteiger partial charge is 0.357 e. The Kier molecular flexibility index (Phi) is 6.12. The molecule has 184 valence electrons. The summed E-state index contributed by atoms with van der Waals surface area (Å²) >= 11 is 6.18. The van der Waals surface area contributed by atoms with E-state index in [4.69, 9.17) is 11.6 Å². The van der Waals surface area contributed by atoms with Gasteiger partial charge in [-0.1, -0.05) is 65.7 Å². The predicted octanol–water partition coefficient (Wildman–Crippen LogP) is 7.11. The molecule has 0 fully saturated rings. The maximum atomic E-state index is 13.9. The third-order valence-corrected chi connectivity index (χ3v) is 6.90. The van der Waals surface area contributed by atoms with E-state index in [1.807, 2.05) is 13.0 Å². The number of para-hydroxylation sites is 2. The van der Waals surface area contributed by atoms with Crippen LogP contribution in [0.1, 0.15) is 41.5 Å². The molecule has 1 amide bonds. The summed E-state index contributed by atoms with van der Waals surface area (Å²) in [5.74, 6) is -2.55. The number of nitrogens with zero attached hydrogens (tertiary/aromatic N) is 1. The summed E-state index contributed by atoms with van der Waals surface area (Å²) in [5, 5.41) is 3.76. The molecule has 0 saturated carbocycles. The van der Waals surface area contributed by atoms with Gasteiger partial charge in [0.05, 0.1) is 17.4 Å². The molecule has 4 nitrogen and oxygen atoms in total. The number of amides is 1. The minimum absolute atomic E-state index is 0.0619. The second-order valence-electron chi connectivity index (χ2n) is 9.10. The van der Waals surface area contributed by atoms with Crippen LogP contribution in [0.2, 0.25) is 5.02 Å². The number of fused-ring (bicyclic) bond motifs is 1. The maximum absolute atomic E-state index is 13.9. The number of rotatable bonds is 2. The fourth-order valence-electron chi connectivity index (χ4n) is 5.01. The van der Waals surface area contributed by atoms with Crippen LogP contribution >= 0.6 is 11.6 Å². The van der Waals surface area contributed by atoms with Gasteiger partial charge in [0.2, 0.25) is 0 Å². The van der Waals surface area contributed by atoms with Crippen molar-refractivity contribution >= 4 is 34.7 Å². The van der Waals surface area contributed by atoms with Crippen molar-refractivity contribution in [1.29, 1.82) is 0 Å². The summed E-state index contributed by atoms with van der Waals surface area (Å²) in [6.45, 7) is 1.86. The van der Waals surface area contributed by atoms with Gasteiger partial charge in [0.1, 0.15) is 0 Å². The van der Waals surface area contributed by atoms with Crippen LogP contribution < -0.4 is 10.2 Å². The summed E-state index contributed by atoms with van der Waals surface area (Å²) in [6.07, 6.45) is -4.66. The van der Waals surface area contributed by atoms with Gasteiger partial charge in [-0.15, -0.1) is 0 Å². The number of Topliss-reactive ketones (excluding diaryl/α,β-unsaturated/α-hetero) is 1. The molecule has 0 saturated heterocycles. The number of halogens is 4. The van der Waals surface area contributed by atoms with Crippen molar-refractivity contribution in [2.45, 2.75) is 37.9 Å². The van der Waals surface area contributed by atoms with Crippen molar-refractivity contribution < 1.29 is 22.8 Å². The lowest BCUT2D eigenvalue weighted by atomic mass is 9.78. The molecule has 1 heterocycles. The zero-order valence-electron chi connectivity index (χ0n) is 19.3. The van der Waals surface area contributed by atoms with Crippen LogP contribution in [-0.2, 0) is 9.59 Å². The van der Waals surface area contributed by atoms with Gasteiger partial charge in [-0.2, -0.15) is 13.2 Å². The van der Waals surface area contributed by atoms with E-state index in [9.17, 15) is 22.8 Å². The molecule has 1 aliphatic heterocycles. The first-order valence-electron chi connectivity index (χ1n) is 11.5. The topological polar surface area (TPSA) is 49.4 Å². The van der Waals surface area contributed by atoms with Crippen LogP contribution in [0.25, 0.3) is 0 Å². The fourth-order valence-corrected chi connectivity index (χ4v) is 5.21. The number of allylic oxidation sites excluding steroid dienone is 1. The Balaban J connectivity index is 1.73. The van der Waals surface area contributed by atoms with Gasteiger partial charge in [0.25, 0.3) is 0 Å². The lowest BCUT2D eigenvalue weighted by molar-refractivity contribution is -0.170. The molecule has 0 aromatic heterocycles. The number of ketones is 1. The quantitative estimate of drug-likeness (QED) is 0.399. The number of carbonyl (C=O) groups is 2. The SMILES string of the molecule is Cc1ccc([C@@H]2C3=C(C[C@@H](c4cccc(Cl)c4)CC3=O)Nc3ccccc3N2C(=O)C(F)(F)F)cc1. The highest BCUT2D eigenvalue weighted by molar-refractivity contribution is 6.30. The van der Waals surface area contributed by atoms with E-state index in [2.05, 4.69) is 5.32 Å². The number of aryl methyl sites for hydroxylation is 1. The van der Waals surface area contributed by atoms with Crippen molar-refractivity contribution in [2.75, 3.05) is 10.2 Å². The molecular formula is C28H22ClF3N2O2. The number of hydrogen-bond donors (Lipinski definition) is 1. The first-order valence-corrected chi connectivity index (χ1v) is 11.9. The van der Waals surface area contributed by atoms with Crippen molar-refractivity contribution in [3.63, 3.8) is 0 Å². The van der Waals surface area contributed by atoms with E-state index in [1.54, 1.807) is 60.7 Å². The molecule has 1 N–H and O–H groups in total. The summed E-state index contributed by atoms with van der Waals surface area (Å²) < 4.78 is 41.8. The standard InChI is InChI=1S/C28H22ClF3N2O2/c1-16-9-11-17(12-10-16)26-25-22(14-19(15-24(25)35)18-5-4-6-20(29)13-18)33-21-7-2-3-8-23(21)34(26)27(36)28(30,31)32/h2-13,19,26,33H,14-15H2,1H3/t19-,26-/m1/s1. The molecule has 0 radical (unpaired) electrons. The van der Waals surface area contributed by atoms with Gasteiger partial charge >= 0.3 is 12.1 Å². The highest BCUT2D eigenvalue weighted by Crippen LogP contribution is 2.48. The number of hydrogen-bond acceptors (Lipinski definition) is 3. The van der Waals surface area contributed by atoms with Crippen molar-refractivity contribution in [1.82, 2.24) is 0 Å². The van der Waals surface area contributed by atoms with Crippen LogP contribution in [-0.4, -0.2) is 17.9 Å². The summed E-state index contributed by atoms with van der Waals surface area (Å²) in [6, 6.07) is 19.2. The molecule has 0 spiro atoms. The predicted molar refractivity (Wildman–Crippen MR) is 133 cm³/mol. The van der Waals surface area contributed by atoms with E-state index >= 15 is 0 Å². The molecule has 3 aromatic carbocycles. The van der Waals surface area contributed by atoms with Crippen LogP contribution in [0, 0.1) is 6.92 Å². The minimum Gasteiger partial charge on any atom is -0.357 e. The van der Waals surface area contributed by atoms with E-state index in [1.165, 1.54) is 6.07 Å². The zero-order valence-corrected chi connectivity index (χ0v) is 20.0. The van der Waals surface area contributed by atoms with Crippen molar-refractivity contribution in [2.24, 2.45) is 0 Å². The molecule has 1 aliphatic carbocycles. The number of anilines is 2. The van der Waals surface area contributed by atoms with Gasteiger partial charge in [-0.25, -0.2) is 0 Å². The van der Waals surface area contributed by atoms with Gasteiger partial charge in [-0.3, -0.25) is 14.5 Å². The van der Waals surface area contributed by atoms with Gasteiger partial charge in [-0.05, 0) is 54.7 Å². The molecular weight excluding hydrogens is 489 g/mol. The largest absolute Gasteiger partial charge is 0.471 e. The summed E-state index contributed by atoms with van der Waals surface area (Å²) in [5.41, 5.74) is 3.28. The van der Waals surface area contributed by atoms with Crippen LogP contribution in [0.4, 0.5) is 24.5 Å². The fraction of sp³-hybridized carbons (Fsp3) is 0.214. The second kappa shape index (κ2) is 9.13.